The van der Waals surface area contributed by atoms with E-state index in [4.69, 9.17) is 21.7 Å². The number of carbonyl (C=O) groups is 2. The number of thiocarbonyl (C=S) groups is 1. The van der Waals surface area contributed by atoms with Crippen LogP contribution >= 0.6 is 12.2 Å². The highest BCUT2D eigenvalue weighted by Crippen LogP contribution is 2.22. The van der Waals surface area contributed by atoms with Gasteiger partial charge in [-0.2, -0.15) is 0 Å². The van der Waals surface area contributed by atoms with Gasteiger partial charge in [0.15, 0.2) is 11.7 Å². The summed E-state index contributed by atoms with van der Waals surface area (Å²) in [5.74, 6) is 0.0982. The zero-order valence-electron chi connectivity index (χ0n) is 18.3. The molecule has 0 saturated carbocycles. The molecule has 2 amide bonds. The Hall–Kier alpha value is -3.91. The van der Waals surface area contributed by atoms with E-state index in [2.05, 4.69) is 16.2 Å². The molecule has 3 aromatic carbocycles. The summed E-state index contributed by atoms with van der Waals surface area (Å²) in [6, 6.07) is 24.2. The third kappa shape index (κ3) is 7.33. The van der Waals surface area contributed by atoms with Crippen LogP contribution in [0.15, 0.2) is 78.9 Å². The van der Waals surface area contributed by atoms with Crippen LogP contribution in [0.5, 0.6) is 11.5 Å². The minimum Gasteiger partial charge on any atom is -0.490 e. The monoisotopic (exact) mass is 463 g/mol. The lowest BCUT2D eigenvalue weighted by Crippen LogP contribution is -2.49. The maximum absolute atomic E-state index is 12.5. The highest BCUT2D eigenvalue weighted by Gasteiger charge is 2.14. The fourth-order valence-corrected chi connectivity index (χ4v) is 3.04. The quantitative estimate of drug-likeness (QED) is 0.364. The van der Waals surface area contributed by atoms with Crippen LogP contribution in [0.2, 0.25) is 0 Å². The molecule has 3 aromatic rings. The molecule has 3 rings (SSSR count). The van der Waals surface area contributed by atoms with Crippen molar-refractivity contribution in [1.82, 2.24) is 16.2 Å². The molecule has 0 saturated heterocycles. The van der Waals surface area contributed by atoms with Crippen LogP contribution in [0.4, 0.5) is 0 Å². The van der Waals surface area contributed by atoms with Crippen LogP contribution in [0.25, 0.3) is 11.1 Å². The predicted octanol–water partition coefficient (Wildman–Crippen LogP) is 3.86. The Balaban J connectivity index is 1.43. The molecule has 0 unspecified atom stereocenters. The first-order valence-corrected chi connectivity index (χ1v) is 10.8. The first-order valence-electron chi connectivity index (χ1n) is 10.4. The summed E-state index contributed by atoms with van der Waals surface area (Å²) in [5, 5.41) is 2.45. The second kappa shape index (κ2) is 11.6. The summed E-state index contributed by atoms with van der Waals surface area (Å²) in [6.07, 6.45) is -0.0853. The molecule has 8 heteroatoms. The maximum atomic E-state index is 12.5. The van der Waals surface area contributed by atoms with E-state index in [1.54, 1.807) is 36.4 Å². The predicted molar refractivity (Wildman–Crippen MR) is 131 cm³/mol. The third-order valence-electron chi connectivity index (χ3n) is 4.37. The molecule has 0 aromatic heterocycles. The van der Waals surface area contributed by atoms with E-state index in [1.807, 2.05) is 56.3 Å². The van der Waals surface area contributed by atoms with E-state index >= 15 is 0 Å². The van der Waals surface area contributed by atoms with Gasteiger partial charge in [0.2, 0.25) is 0 Å². The number of carbonyl (C=O) groups excluding carboxylic acids is 2. The molecule has 0 bridgehead atoms. The van der Waals surface area contributed by atoms with Gasteiger partial charge >= 0.3 is 0 Å². The smallest absolute Gasteiger partial charge is 0.276 e. The van der Waals surface area contributed by atoms with Crippen LogP contribution in [0.1, 0.15) is 24.2 Å². The second-order valence-electron chi connectivity index (χ2n) is 7.30. The summed E-state index contributed by atoms with van der Waals surface area (Å²) < 4.78 is 11.1. The number of benzene rings is 3. The van der Waals surface area contributed by atoms with Crippen molar-refractivity contribution in [3.63, 3.8) is 0 Å². The van der Waals surface area contributed by atoms with E-state index in [9.17, 15) is 9.59 Å². The Labute approximate surface area is 198 Å². The number of rotatable bonds is 7. The standard InChI is InChI=1S/C25H25N3O4S/c1-17(2)32-22-11-7-6-10-21(22)24(30)26-25(33)28-27-23(29)16-31-20-14-12-19(13-15-20)18-8-4-3-5-9-18/h3-15,17H,16H2,1-2H3,(H,27,29)(H2,26,28,30,33). The van der Waals surface area contributed by atoms with Crippen LogP contribution in [-0.2, 0) is 4.79 Å². The molecule has 0 atom stereocenters. The molecule has 0 heterocycles. The number of nitrogens with one attached hydrogen (secondary N) is 3. The number of hydrogen-bond donors (Lipinski definition) is 3. The van der Waals surface area contributed by atoms with Crippen molar-refractivity contribution >= 4 is 29.1 Å². The maximum Gasteiger partial charge on any atom is 0.276 e. The van der Waals surface area contributed by atoms with Gasteiger partial charge in [-0.25, -0.2) is 0 Å². The topological polar surface area (TPSA) is 88.7 Å². The van der Waals surface area contributed by atoms with E-state index < -0.39 is 11.8 Å². The SMILES string of the molecule is CC(C)Oc1ccccc1C(=O)NC(=S)NNC(=O)COc1ccc(-c2ccccc2)cc1. The van der Waals surface area contributed by atoms with Gasteiger partial charge < -0.3 is 9.47 Å². The first kappa shape index (κ1) is 23.7. The van der Waals surface area contributed by atoms with Gasteiger partial charge in [0, 0.05) is 0 Å². The summed E-state index contributed by atoms with van der Waals surface area (Å²) in [6.45, 7) is 3.52. The highest BCUT2D eigenvalue weighted by atomic mass is 32.1. The number of para-hydroxylation sites is 1. The average molecular weight is 464 g/mol. The van der Waals surface area contributed by atoms with Crippen molar-refractivity contribution in [3.8, 4) is 22.6 Å². The van der Waals surface area contributed by atoms with Gasteiger partial charge in [0.1, 0.15) is 11.5 Å². The average Bonchev–Trinajstić information content (AvgIpc) is 2.82. The second-order valence-corrected chi connectivity index (χ2v) is 7.71. The molecule has 0 fully saturated rings. The zero-order valence-corrected chi connectivity index (χ0v) is 19.1. The van der Waals surface area contributed by atoms with Crippen LogP contribution in [0, 0.1) is 0 Å². The van der Waals surface area contributed by atoms with Crippen LogP contribution in [-0.4, -0.2) is 29.6 Å². The fraction of sp³-hybridized carbons (Fsp3) is 0.160. The molecular formula is C25H25N3O4S. The summed E-state index contributed by atoms with van der Waals surface area (Å²) in [5.41, 5.74) is 7.37. The van der Waals surface area contributed by atoms with Crippen LogP contribution < -0.4 is 25.6 Å². The Morgan fingerprint density at radius 2 is 1.48 bits per heavy atom. The Bertz CT molecular complexity index is 1100. The molecule has 170 valence electrons. The van der Waals surface area contributed by atoms with Crippen molar-refractivity contribution in [2.75, 3.05) is 6.61 Å². The summed E-state index contributed by atoms with van der Waals surface area (Å²) in [7, 11) is 0. The van der Waals surface area contributed by atoms with E-state index in [-0.39, 0.29) is 17.8 Å². The van der Waals surface area contributed by atoms with Crippen molar-refractivity contribution in [3.05, 3.63) is 84.4 Å². The van der Waals surface area contributed by atoms with E-state index in [0.717, 1.165) is 11.1 Å². The lowest BCUT2D eigenvalue weighted by molar-refractivity contribution is -0.123. The van der Waals surface area contributed by atoms with Gasteiger partial charge in [-0.1, -0.05) is 54.6 Å². The zero-order chi connectivity index (χ0) is 23.6. The normalized spacial score (nSPS) is 10.3. The summed E-state index contributed by atoms with van der Waals surface area (Å²) in [4.78, 5) is 24.5. The van der Waals surface area contributed by atoms with Crippen molar-refractivity contribution in [1.29, 1.82) is 0 Å². The van der Waals surface area contributed by atoms with Gasteiger partial charge in [-0.3, -0.25) is 25.8 Å². The third-order valence-corrected chi connectivity index (χ3v) is 4.57. The number of ether oxygens (including phenoxy) is 2. The molecule has 0 aliphatic heterocycles. The minimum atomic E-state index is -0.456. The number of amides is 2. The van der Waals surface area contributed by atoms with E-state index in [1.165, 1.54) is 0 Å². The van der Waals surface area contributed by atoms with E-state index in [0.29, 0.717) is 17.1 Å². The lowest BCUT2D eigenvalue weighted by atomic mass is 10.1. The Kier molecular flexibility index (Phi) is 8.37. The van der Waals surface area contributed by atoms with Gasteiger partial charge in [0.25, 0.3) is 11.8 Å². The molecule has 0 spiro atoms. The van der Waals surface area contributed by atoms with Crippen molar-refractivity contribution in [2.45, 2.75) is 20.0 Å². The largest absolute Gasteiger partial charge is 0.490 e. The molecule has 33 heavy (non-hydrogen) atoms. The molecule has 0 aliphatic carbocycles. The van der Waals surface area contributed by atoms with Crippen molar-refractivity contribution < 1.29 is 19.1 Å². The molecule has 0 aliphatic rings. The van der Waals surface area contributed by atoms with Gasteiger partial charge in [-0.05, 0) is 61.5 Å². The highest BCUT2D eigenvalue weighted by molar-refractivity contribution is 7.80. The Morgan fingerprint density at radius 3 is 2.18 bits per heavy atom. The van der Waals surface area contributed by atoms with Gasteiger partial charge in [0.05, 0.1) is 11.7 Å². The molecule has 3 N–H and O–H groups in total. The summed E-state index contributed by atoms with van der Waals surface area (Å²) >= 11 is 5.08. The van der Waals surface area contributed by atoms with Crippen molar-refractivity contribution in [2.24, 2.45) is 0 Å². The fourth-order valence-electron chi connectivity index (χ4n) is 2.90. The number of hydrogen-bond acceptors (Lipinski definition) is 5. The lowest BCUT2D eigenvalue weighted by Gasteiger charge is -2.15. The number of hydrazine groups is 1. The molecular weight excluding hydrogens is 438 g/mol. The van der Waals surface area contributed by atoms with Crippen LogP contribution in [0.3, 0.4) is 0 Å². The molecule has 7 nitrogen and oxygen atoms in total. The minimum absolute atomic E-state index is 0.0556. The van der Waals surface area contributed by atoms with Gasteiger partial charge in [-0.15, -0.1) is 0 Å². The first-order chi connectivity index (χ1) is 15.9. The molecule has 0 radical (unpaired) electrons. The Morgan fingerprint density at radius 1 is 0.848 bits per heavy atom.